The number of likely N-dealkylation sites (tertiary alicyclic amines) is 1. The number of carbonyl (C=O) groups is 1. The van der Waals surface area contributed by atoms with E-state index in [4.69, 9.17) is 9.26 Å². The first-order chi connectivity index (χ1) is 12.2. The number of methoxy groups -OCH3 is 1. The molecule has 7 nitrogen and oxygen atoms in total. The van der Waals surface area contributed by atoms with Gasteiger partial charge in [0, 0.05) is 32.4 Å². The summed E-state index contributed by atoms with van der Waals surface area (Å²) in [5.41, 5.74) is 2.06. The average molecular weight is 344 g/mol. The Balaban J connectivity index is 1.67. The van der Waals surface area contributed by atoms with Gasteiger partial charge in [-0.2, -0.15) is 4.98 Å². The van der Waals surface area contributed by atoms with E-state index < -0.39 is 0 Å². The van der Waals surface area contributed by atoms with Crippen LogP contribution in [-0.4, -0.2) is 47.9 Å². The Kier molecular flexibility index (Phi) is 5.65. The molecule has 2 amide bonds. The second-order valence-electron chi connectivity index (χ2n) is 6.26. The summed E-state index contributed by atoms with van der Waals surface area (Å²) in [6, 6.07) is 7.72. The van der Waals surface area contributed by atoms with Crippen LogP contribution in [0.1, 0.15) is 36.8 Å². The number of urea groups is 1. The van der Waals surface area contributed by atoms with E-state index >= 15 is 0 Å². The van der Waals surface area contributed by atoms with Crippen molar-refractivity contribution < 1.29 is 14.1 Å². The number of rotatable bonds is 6. The highest BCUT2D eigenvalue weighted by molar-refractivity contribution is 5.74. The standard InChI is InChI=1S/C18H24N4O3/c1-13-6-3-7-14(12-13)16-20-17(25-21-16)15-8-4-10-22(15)18(23)19-9-5-11-24-2/h3,6-7,12,15H,4-5,8-11H2,1-2H3,(H,19,23). The number of nitrogens with zero attached hydrogens (tertiary/aromatic N) is 3. The quantitative estimate of drug-likeness (QED) is 0.815. The van der Waals surface area contributed by atoms with Crippen LogP contribution in [0.2, 0.25) is 0 Å². The third-order valence-electron chi connectivity index (χ3n) is 4.32. The predicted octanol–water partition coefficient (Wildman–Crippen LogP) is 2.93. The topological polar surface area (TPSA) is 80.5 Å². The van der Waals surface area contributed by atoms with Crippen LogP contribution in [0.3, 0.4) is 0 Å². The second-order valence-corrected chi connectivity index (χ2v) is 6.26. The summed E-state index contributed by atoms with van der Waals surface area (Å²) < 4.78 is 10.5. The molecule has 1 saturated heterocycles. The molecule has 1 N–H and O–H groups in total. The van der Waals surface area contributed by atoms with Gasteiger partial charge in [0.25, 0.3) is 0 Å². The minimum Gasteiger partial charge on any atom is -0.385 e. The Hall–Kier alpha value is -2.41. The number of carbonyl (C=O) groups excluding carboxylic acids is 1. The zero-order valence-corrected chi connectivity index (χ0v) is 14.7. The summed E-state index contributed by atoms with van der Waals surface area (Å²) in [6.07, 6.45) is 2.55. The van der Waals surface area contributed by atoms with Crippen molar-refractivity contribution in [2.24, 2.45) is 0 Å². The van der Waals surface area contributed by atoms with Gasteiger partial charge in [-0.05, 0) is 32.3 Å². The van der Waals surface area contributed by atoms with Gasteiger partial charge in [-0.25, -0.2) is 4.79 Å². The molecular weight excluding hydrogens is 320 g/mol. The van der Waals surface area contributed by atoms with Crippen LogP contribution in [0.4, 0.5) is 4.79 Å². The van der Waals surface area contributed by atoms with Crippen molar-refractivity contribution in [2.45, 2.75) is 32.2 Å². The fourth-order valence-corrected chi connectivity index (χ4v) is 3.05. The van der Waals surface area contributed by atoms with Crippen LogP contribution in [0.5, 0.6) is 0 Å². The summed E-state index contributed by atoms with van der Waals surface area (Å²) in [7, 11) is 1.65. The van der Waals surface area contributed by atoms with Gasteiger partial charge in [0.2, 0.25) is 11.7 Å². The fourth-order valence-electron chi connectivity index (χ4n) is 3.05. The molecule has 0 aliphatic carbocycles. The third-order valence-corrected chi connectivity index (χ3v) is 4.32. The molecular formula is C18H24N4O3. The van der Waals surface area contributed by atoms with E-state index in [0.29, 0.717) is 31.4 Å². The van der Waals surface area contributed by atoms with Gasteiger partial charge in [-0.3, -0.25) is 0 Å². The minimum absolute atomic E-state index is 0.0890. The number of aromatic nitrogens is 2. The molecule has 25 heavy (non-hydrogen) atoms. The number of ether oxygens (including phenoxy) is 1. The highest BCUT2D eigenvalue weighted by Gasteiger charge is 2.34. The average Bonchev–Trinajstić information content (AvgIpc) is 3.27. The van der Waals surface area contributed by atoms with Crippen LogP contribution in [-0.2, 0) is 4.74 Å². The monoisotopic (exact) mass is 344 g/mol. The molecule has 2 heterocycles. The first-order valence-electron chi connectivity index (χ1n) is 8.63. The van der Waals surface area contributed by atoms with E-state index in [1.807, 2.05) is 31.2 Å². The molecule has 1 aliphatic rings. The first kappa shape index (κ1) is 17.4. The summed E-state index contributed by atoms with van der Waals surface area (Å²) in [6.45, 7) is 3.95. The zero-order chi connectivity index (χ0) is 17.6. The second kappa shape index (κ2) is 8.11. The zero-order valence-electron chi connectivity index (χ0n) is 14.7. The molecule has 0 saturated carbocycles. The molecule has 2 aromatic rings. The van der Waals surface area contributed by atoms with Crippen LogP contribution < -0.4 is 5.32 Å². The van der Waals surface area contributed by atoms with Crippen molar-refractivity contribution in [3.05, 3.63) is 35.7 Å². The molecule has 7 heteroatoms. The van der Waals surface area contributed by atoms with Gasteiger partial charge in [0.15, 0.2) is 0 Å². The smallest absolute Gasteiger partial charge is 0.318 e. The minimum atomic E-state index is -0.159. The number of nitrogens with one attached hydrogen (secondary N) is 1. The highest BCUT2D eigenvalue weighted by Crippen LogP contribution is 2.32. The normalized spacial score (nSPS) is 17.0. The Labute approximate surface area is 147 Å². The lowest BCUT2D eigenvalue weighted by Gasteiger charge is -2.22. The molecule has 1 unspecified atom stereocenters. The summed E-state index contributed by atoms with van der Waals surface area (Å²) in [4.78, 5) is 18.7. The van der Waals surface area contributed by atoms with Gasteiger partial charge in [0.1, 0.15) is 6.04 Å². The van der Waals surface area contributed by atoms with Gasteiger partial charge in [0.05, 0.1) is 0 Å². The lowest BCUT2D eigenvalue weighted by atomic mass is 10.1. The SMILES string of the molecule is COCCCNC(=O)N1CCCC1c1nc(-c2cccc(C)c2)no1. The van der Waals surface area contributed by atoms with Crippen LogP contribution in [0.25, 0.3) is 11.4 Å². The van der Waals surface area contributed by atoms with Crippen LogP contribution in [0, 0.1) is 6.92 Å². The lowest BCUT2D eigenvalue weighted by Crippen LogP contribution is -2.40. The maximum atomic E-state index is 12.4. The molecule has 3 rings (SSSR count). The first-order valence-corrected chi connectivity index (χ1v) is 8.63. The number of aryl methyl sites for hydroxylation is 1. The van der Waals surface area contributed by atoms with Crippen LogP contribution in [0.15, 0.2) is 28.8 Å². The molecule has 0 radical (unpaired) electrons. The predicted molar refractivity (Wildman–Crippen MR) is 93.0 cm³/mol. The molecule has 0 spiro atoms. The van der Waals surface area contributed by atoms with Gasteiger partial charge in [-0.1, -0.05) is 28.9 Å². The van der Waals surface area contributed by atoms with E-state index in [-0.39, 0.29) is 12.1 Å². The van der Waals surface area contributed by atoms with Crippen molar-refractivity contribution >= 4 is 6.03 Å². The van der Waals surface area contributed by atoms with E-state index in [0.717, 1.165) is 30.4 Å². The molecule has 1 fully saturated rings. The molecule has 1 aromatic heterocycles. The molecule has 1 aliphatic heterocycles. The van der Waals surface area contributed by atoms with Gasteiger partial charge < -0.3 is 19.5 Å². The third kappa shape index (κ3) is 4.17. The van der Waals surface area contributed by atoms with E-state index in [2.05, 4.69) is 15.5 Å². The van der Waals surface area contributed by atoms with E-state index in [1.165, 1.54) is 0 Å². The van der Waals surface area contributed by atoms with E-state index in [9.17, 15) is 4.79 Å². The summed E-state index contributed by atoms with van der Waals surface area (Å²) in [5, 5.41) is 7.01. The number of benzene rings is 1. The Morgan fingerprint density at radius 3 is 3.16 bits per heavy atom. The van der Waals surface area contributed by atoms with Crippen molar-refractivity contribution in [3.63, 3.8) is 0 Å². The lowest BCUT2D eigenvalue weighted by molar-refractivity contribution is 0.174. The largest absolute Gasteiger partial charge is 0.385 e. The van der Waals surface area contributed by atoms with E-state index in [1.54, 1.807) is 12.0 Å². The van der Waals surface area contributed by atoms with Crippen molar-refractivity contribution in [3.8, 4) is 11.4 Å². The van der Waals surface area contributed by atoms with Crippen molar-refractivity contribution in [2.75, 3.05) is 26.8 Å². The summed E-state index contributed by atoms with van der Waals surface area (Å²) >= 11 is 0. The summed E-state index contributed by atoms with van der Waals surface area (Å²) in [5.74, 6) is 1.06. The highest BCUT2D eigenvalue weighted by atomic mass is 16.5. The molecule has 0 bridgehead atoms. The Bertz CT molecular complexity index is 716. The molecule has 1 atom stereocenters. The Morgan fingerprint density at radius 2 is 2.36 bits per heavy atom. The number of amides is 2. The maximum Gasteiger partial charge on any atom is 0.318 e. The number of hydrogen-bond donors (Lipinski definition) is 1. The van der Waals surface area contributed by atoms with Gasteiger partial charge in [-0.15, -0.1) is 0 Å². The molecule has 1 aromatic carbocycles. The Morgan fingerprint density at radius 1 is 1.48 bits per heavy atom. The van der Waals surface area contributed by atoms with Crippen LogP contribution >= 0.6 is 0 Å². The van der Waals surface area contributed by atoms with Crippen molar-refractivity contribution in [1.29, 1.82) is 0 Å². The maximum absolute atomic E-state index is 12.4. The fraction of sp³-hybridized carbons (Fsp3) is 0.500. The van der Waals surface area contributed by atoms with Crippen molar-refractivity contribution in [1.82, 2.24) is 20.4 Å². The molecule has 134 valence electrons. The van der Waals surface area contributed by atoms with Gasteiger partial charge >= 0.3 is 6.03 Å². The number of hydrogen-bond acceptors (Lipinski definition) is 5.